The zero-order valence-corrected chi connectivity index (χ0v) is 16.2. The average molecular weight is 427 g/mol. The SMILES string of the molecule is CC(c1ccc(OS(=O)(=O)C(F)(F)F)cc1)C(NC(=O)OC(C)(C)C)C(=O)O. The lowest BCUT2D eigenvalue weighted by Gasteiger charge is -2.25. The van der Waals surface area contributed by atoms with Gasteiger partial charge in [-0.05, 0) is 38.5 Å². The second-order valence-electron chi connectivity index (χ2n) is 6.80. The molecule has 0 saturated carbocycles. The molecule has 0 bridgehead atoms. The highest BCUT2D eigenvalue weighted by Gasteiger charge is 2.48. The van der Waals surface area contributed by atoms with Gasteiger partial charge in [-0.25, -0.2) is 9.59 Å². The van der Waals surface area contributed by atoms with E-state index >= 15 is 0 Å². The third kappa shape index (κ3) is 6.59. The Balaban J connectivity index is 2.96. The minimum absolute atomic E-state index is 0.306. The standard InChI is InChI=1S/C16H20F3NO7S/c1-9(12(13(21)22)20-14(23)26-15(2,3)4)10-5-7-11(8-6-10)27-28(24,25)16(17,18)19/h5-9,12H,1-4H3,(H,20,23)(H,21,22). The van der Waals surface area contributed by atoms with Gasteiger partial charge in [0, 0.05) is 5.92 Å². The predicted molar refractivity (Wildman–Crippen MR) is 91.3 cm³/mol. The molecule has 28 heavy (non-hydrogen) atoms. The second-order valence-corrected chi connectivity index (χ2v) is 8.34. The zero-order valence-electron chi connectivity index (χ0n) is 15.4. The molecule has 1 aromatic carbocycles. The molecule has 0 fully saturated rings. The molecule has 8 nitrogen and oxygen atoms in total. The molecule has 0 radical (unpaired) electrons. The van der Waals surface area contributed by atoms with Crippen molar-refractivity contribution in [3.8, 4) is 5.75 Å². The molecule has 2 N–H and O–H groups in total. The number of amides is 1. The summed E-state index contributed by atoms with van der Waals surface area (Å²) >= 11 is 0. The van der Waals surface area contributed by atoms with Crippen LogP contribution in [-0.2, 0) is 19.6 Å². The summed E-state index contributed by atoms with van der Waals surface area (Å²) in [6.45, 7) is 6.25. The van der Waals surface area contributed by atoms with Crippen LogP contribution < -0.4 is 9.50 Å². The fourth-order valence-electron chi connectivity index (χ4n) is 2.03. The third-order valence-electron chi connectivity index (χ3n) is 3.33. The Morgan fingerprint density at radius 3 is 2.00 bits per heavy atom. The lowest BCUT2D eigenvalue weighted by atomic mass is 9.93. The summed E-state index contributed by atoms with van der Waals surface area (Å²) in [6, 6.07) is 2.88. The molecular formula is C16H20F3NO7S. The normalized spacial score (nSPS) is 14.7. The first kappa shape index (κ1) is 23.5. The predicted octanol–water partition coefficient (Wildman–Crippen LogP) is 3.00. The topological polar surface area (TPSA) is 119 Å². The van der Waals surface area contributed by atoms with Crippen molar-refractivity contribution < 1.29 is 45.2 Å². The smallest absolute Gasteiger partial charge is 0.480 e. The van der Waals surface area contributed by atoms with Crippen LogP contribution in [0.1, 0.15) is 39.2 Å². The molecule has 0 aliphatic heterocycles. The van der Waals surface area contributed by atoms with E-state index in [1.54, 1.807) is 20.8 Å². The van der Waals surface area contributed by atoms with Crippen molar-refractivity contribution >= 4 is 22.2 Å². The summed E-state index contributed by atoms with van der Waals surface area (Å²) in [6.07, 6.45) is -0.956. The molecule has 1 rings (SSSR count). The fraction of sp³-hybridized carbons (Fsp3) is 0.500. The molecule has 0 saturated heterocycles. The van der Waals surface area contributed by atoms with Gasteiger partial charge in [0.25, 0.3) is 0 Å². The van der Waals surface area contributed by atoms with Gasteiger partial charge < -0.3 is 19.3 Å². The van der Waals surface area contributed by atoms with E-state index in [1.165, 1.54) is 19.1 Å². The Hall–Kier alpha value is -2.50. The highest BCUT2D eigenvalue weighted by molar-refractivity contribution is 7.88. The number of carboxylic acids is 1. The molecule has 1 amide bonds. The van der Waals surface area contributed by atoms with Crippen LogP contribution in [0, 0.1) is 0 Å². The van der Waals surface area contributed by atoms with E-state index in [4.69, 9.17) is 4.74 Å². The summed E-state index contributed by atoms with van der Waals surface area (Å²) in [5.41, 5.74) is -6.12. The van der Waals surface area contributed by atoms with Gasteiger partial charge in [-0.2, -0.15) is 21.6 Å². The van der Waals surface area contributed by atoms with Crippen molar-refractivity contribution in [2.24, 2.45) is 0 Å². The molecular weight excluding hydrogens is 407 g/mol. The van der Waals surface area contributed by atoms with Gasteiger partial charge in [0.2, 0.25) is 0 Å². The molecule has 0 aliphatic rings. The second kappa shape index (κ2) is 8.25. The van der Waals surface area contributed by atoms with Gasteiger partial charge in [0.15, 0.2) is 0 Å². The number of nitrogens with one attached hydrogen (secondary N) is 1. The molecule has 0 aliphatic carbocycles. The highest BCUT2D eigenvalue weighted by atomic mass is 32.2. The Labute approximate surface area is 159 Å². The highest BCUT2D eigenvalue weighted by Crippen LogP contribution is 2.28. The number of benzene rings is 1. The molecule has 0 spiro atoms. The Bertz CT molecular complexity index is 814. The van der Waals surface area contributed by atoms with Crippen LogP contribution in [0.5, 0.6) is 5.75 Å². The maximum absolute atomic E-state index is 12.3. The average Bonchev–Trinajstić information content (AvgIpc) is 2.49. The molecule has 0 aromatic heterocycles. The number of rotatable bonds is 6. The van der Waals surface area contributed by atoms with Crippen molar-refractivity contribution in [3.63, 3.8) is 0 Å². The van der Waals surface area contributed by atoms with Gasteiger partial charge in [-0.1, -0.05) is 19.1 Å². The first-order valence-corrected chi connectivity index (χ1v) is 9.27. The van der Waals surface area contributed by atoms with E-state index in [9.17, 15) is 36.3 Å². The third-order valence-corrected chi connectivity index (χ3v) is 4.31. The van der Waals surface area contributed by atoms with E-state index in [-0.39, 0.29) is 0 Å². The van der Waals surface area contributed by atoms with E-state index in [2.05, 4.69) is 9.50 Å². The Morgan fingerprint density at radius 1 is 1.11 bits per heavy atom. The van der Waals surface area contributed by atoms with Gasteiger partial charge in [-0.3, -0.25) is 0 Å². The number of alkyl carbamates (subject to hydrolysis) is 1. The van der Waals surface area contributed by atoms with Gasteiger partial charge in [-0.15, -0.1) is 0 Å². The van der Waals surface area contributed by atoms with Crippen LogP contribution in [0.25, 0.3) is 0 Å². The minimum Gasteiger partial charge on any atom is -0.480 e. The molecule has 1 aromatic rings. The summed E-state index contributed by atoms with van der Waals surface area (Å²) in [5, 5.41) is 11.6. The Kier molecular flexibility index (Phi) is 6.93. The molecule has 2 unspecified atom stereocenters. The number of alkyl halides is 3. The van der Waals surface area contributed by atoms with Crippen molar-refractivity contribution in [1.82, 2.24) is 5.32 Å². The number of hydrogen-bond acceptors (Lipinski definition) is 6. The van der Waals surface area contributed by atoms with Gasteiger partial charge in [0.1, 0.15) is 17.4 Å². The number of hydrogen-bond donors (Lipinski definition) is 2. The molecule has 12 heteroatoms. The summed E-state index contributed by atoms with van der Waals surface area (Å²) < 4.78 is 67.9. The Morgan fingerprint density at radius 2 is 1.61 bits per heavy atom. The van der Waals surface area contributed by atoms with Crippen LogP contribution in [0.4, 0.5) is 18.0 Å². The number of carboxylic acid groups (broad SMARTS) is 1. The number of carbonyl (C=O) groups excluding carboxylic acids is 1. The van der Waals surface area contributed by atoms with Gasteiger partial charge >= 0.3 is 27.7 Å². The van der Waals surface area contributed by atoms with E-state index < -0.39 is 51.0 Å². The number of carbonyl (C=O) groups is 2. The van der Waals surface area contributed by atoms with E-state index in [0.717, 1.165) is 12.1 Å². The van der Waals surface area contributed by atoms with Crippen LogP contribution in [0.2, 0.25) is 0 Å². The first-order chi connectivity index (χ1) is 12.5. The largest absolute Gasteiger partial charge is 0.534 e. The maximum Gasteiger partial charge on any atom is 0.534 e. The van der Waals surface area contributed by atoms with Crippen molar-refractivity contribution in [2.45, 2.75) is 50.8 Å². The van der Waals surface area contributed by atoms with Gasteiger partial charge in [0.05, 0.1) is 0 Å². The van der Waals surface area contributed by atoms with Crippen molar-refractivity contribution in [3.05, 3.63) is 29.8 Å². The molecule has 158 valence electrons. The molecule has 0 heterocycles. The number of aliphatic carboxylic acids is 1. The fourth-order valence-corrected chi connectivity index (χ4v) is 2.49. The summed E-state index contributed by atoms with van der Waals surface area (Å²) in [7, 11) is -5.81. The van der Waals surface area contributed by atoms with E-state index in [0.29, 0.717) is 5.56 Å². The first-order valence-electron chi connectivity index (χ1n) is 7.86. The van der Waals surface area contributed by atoms with Crippen molar-refractivity contribution in [1.29, 1.82) is 0 Å². The summed E-state index contributed by atoms with van der Waals surface area (Å²) in [5.74, 6) is -2.78. The van der Waals surface area contributed by atoms with Crippen molar-refractivity contribution in [2.75, 3.05) is 0 Å². The lowest BCUT2D eigenvalue weighted by Crippen LogP contribution is -2.46. The van der Waals surface area contributed by atoms with Crippen LogP contribution in [0.3, 0.4) is 0 Å². The van der Waals surface area contributed by atoms with Crippen LogP contribution in [-0.4, -0.2) is 42.7 Å². The quantitative estimate of drug-likeness (QED) is 0.529. The van der Waals surface area contributed by atoms with E-state index in [1.807, 2.05) is 0 Å². The van der Waals surface area contributed by atoms with Crippen LogP contribution in [0.15, 0.2) is 24.3 Å². The minimum atomic E-state index is -5.81. The maximum atomic E-state index is 12.3. The monoisotopic (exact) mass is 427 g/mol. The number of halogens is 3. The zero-order chi connectivity index (χ0) is 21.9. The summed E-state index contributed by atoms with van der Waals surface area (Å²) in [4.78, 5) is 23.3. The molecule has 2 atom stereocenters. The number of ether oxygens (including phenoxy) is 1. The van der Waals surface area contributed by atoms with Crippen LogP contribution >= 0.6 is 0 Å². The lowest BCUT2D eigenvalue weighted by molar-refractivity contribution is -0.140.